The van der Waals surface area contributed by atoms with E-state index in [0.717, 1.165) is 25.0 Å². The minimum atomic E-state index is 0.679. The molecule has 1 aromatic heterocycles. The Morgan fingerprint density at radius 2 is 1.95 bits per heavy atom. The molecule has 2 rings (SSSR count). The molecule has 1 heterocycles. The zero-order chi connectivity index (χ0) is 13.5. The largest absolute Gasteiger partial charge is 0.317 e. The summed E-state index contributed by atoms with van der Waals surface area (Å²) in [5.74, 6) is 0.679. The fourth-order valence-electron chi connectivity index (χ4n) is 2.33. The van der Waals surface area contributed by atoms with Gasteiger partial charge in [0.1, 0.15) is 0 Å². The van der Waals surface area contributed by atoms with E-state index in [1.165, 1.54) is 23.9 Å². The Morgan fingerprint density at radius 3 is 2.79 bits per heavy atom. The summed E-state index contributed by atoms with van der Waals surface area (Å²) < 4.78 is 0. The molecule has 0 spiro atoms. The van der Waals surface area contributed by atoms with Crippen LogP contribution < -0.4 is 5.32 Å². The lowest BCUT2D eigenvalue weighted by molar-refractivity contribution is 0.494. The highest BCUT2D eigenvalue weighted by Gasteiger charge is 2.05. The highest BCUT2D eigenvalue weighted by molar-refractivity contribution is 5.78. The Balaban J connectivity index is 1.89. The van der Waals surface area contributed by atoms with Crippen LogP contribution in [0.5, 0.6) is 0 Å². The van der Waals surface area contributed by atoms with Crippen LogP contribution in [0.3, 0.4) is 0 Å². The number of hydrogen-bond donors (Lipinski definition) is 1. The number of aromatic nitrogens is 1. The number of rotatable bonds is 7. The second-order valence-corrected chi connectivity index (χ2v) is 5.34. The van der Waals surface area contributed by atoms with Crippen molar-refractivity contribution in [2.75, 3.05) is 13.1 Å². The van der Waals surface area contributed by atoms with Crippen LogP contribution >= 0.6 is 0 Å². The van der Waals surface area contributed by atoms with E-state index in [9.17, 15) is 0 Å². The van der Waals surface area contributed by atoms with Gasteiger partial charge in [0.2, 0.25) is 0 Å². The summed E-state index contributed by atoms with van der Waals surface area (Å²) in [7, 11) is 0. The van der Waals surface area contributed by atoms with E-state index < -0.39 is 0 Å². The number of pyridine rings is 1. The molecule has 0 bridgehead atoms. The molecule has 0 fully saturated rings. The fourth-order valence-corrected chi connectivity index (χ4v) is 2.33. The SMILES string of the molecule is CCCNCCC(C)Cc1ccc2ccccc2n1. The van der Waals surface area contributed by atoms with E-state index in [0.29, 0.717) is 5.92 Å². The van der Waals surface area contributed by atoms with E-state index in [1.54, 1.807) is 0 Å². The van der Waals surface area contributed by atoms with Crippen molar-refractivity contribution in [2.24, 2.45) is 5.92 Å². The van der Waals surface area contributed by atoms with Gasteiger partial charge in [-0.05, 0) is 50.4 Å². The van der Waals surface area contributed by atoms with E-state index in [1.807, 2.05) is 0 Å². The summed E-state index contributed by atoms with van der Waals surface area (Å²) in [6, 6.07) is 12.7. The average molecular weight is 256 g/mol. The molecule has 0 aliphatic rings. The monoisotopic (exact) mass is 256 g/mol. The Labute approximate surface area is 116 Å². The van der Waals surface area contributed by atoms with Crippen molar-refractivity contribution in [3.8, 4) is 0 Å². The van der Waals surface area contributed by atoms with Gasteiger partial charge in [-0.2, -0.15) is 0 Å². The summed E-state index contributed by atoms with van der Waals surface area (Å²) in [5, 5.41) is 4.69. The van der Waals surface area contributed by atoms with Gasteiger partial charge in [0.05, 0.1) is 5.52 Å². The van der Waals surface area contributed by atoms with Gasteiger partial charge in [-0.1, -0.05) is 38.1 Å². The van der Waals surface area contributed by atoms with Gasteiger partial charge < -0.3 is 5.32 Å². The van der Waals surface area contributed by atoms with Gasteiger partial charge in [-0.25, -0.2) is 0 Å². The average Bonchev–Trinajstić information content (AvgIpc) is 2.43. The molecule has 1 atom stereocenters. The molecule has 0 saturated heterocycles. The van der Waals surface area contributed by atoms with Crippen molar-refractivity contribution in [3.63, 3.8) is 0 Å². The highest BCUT2D eigenvalue weighted by Crippen LogP contribution is 2.15. The van der Waals surface area contributed by atoms with Crippen molar-refractivity contribution >= 4 is 10.9 Å². The van der Waals surface area contributed by atoms with Crippen LogP contribution in [0.25, 0.3) is 10.9 Å². The van der Waals surface area contributed by atoms with Crippen LogP contribution in [-0.2, 0) is 6.42 Å². The molecule has 0 radical (unpaired) electrons. The van der Waals surface area contributed by atoms with Crippen LogP contribution in [0.15, 0.2) is 36.4 Å². The molecule has 19 heavy (non-hydrogen) atoms. The van der Waals surface area contributed by atoms with Gasteiger partial charge in [0.15, 0.2) is 0 Å². The third-order valence-electron chi connectivity index (χ3n) is 3.45. The normalized spacial score (nSPS) is 12.7. The quantitative estimate of drug-likeness (QED) is 0.762. The maximum Gasteiger partial charge on any atom is 0.0705 e. The van der Waals surface area contributed by atoms with Gasteiger partial charge in [0, 0.05) is 11.1 Å². The predicted molar refractivity (Wildman–Crippen MR) is 82.4 cm³/mol. The third kappa shape index (κ3) is 4.32. The number of fused-ring (bicyclic) bond motifs is 1. The van der Waals surface area contributed by atoms with Crippen LogP contribution in [0.4, 0.5) is 0 Å². The molecular weight excluding hydrogens is 232 g/mol. The van der Waals surface area contributed by atoms with Gasteiger partial charge in [-0.15, -0.1) is 0 Å². The van der Waals surface area contributed by atoms with Gasteiger partial charge in [-0.3, -0.25) is 4.98 Å². The van der Waals surface area contributed by atoms with E-state index >= 15 is 0 Å². The van der Waals surface area contributed by atoms with Crippen molar-refractivity contribution in [3.05, 3.63) is 42.1 Å². The van der Waals surface area contributed by atoms with Crippen molar-refractivity contribution in [2.45, 2.75) is 33.1 Å². The van der Waals surface area contributed by atoms with E-state index in [4.69, 9.17) is 4.98 Å². The Bertz CT molecular complexity index is 507. The summed E-state index contributed by atoms with van der Waals surface area (Å²) >= 11 is 0. The number of nitrogens with one attached hydrogen (secondary N) is 1. The van der Waals surface area contributed by atoms with Gasteiger partial charge >= 0.3 is 0 Å². The molecule has 102 valence electrons. The number of hydrogen-bond acceptors (Lipinski definition) is 2. The summed E-state index contributed by atoms with van der Waals surface area (Å²) in [4.78, 5) is 4.74. The minimum absolute atomic E-state index is 0.679. The Hall–Kier alpha value is -1.41. The summed E-state index contributed by atoms with van der Waals surface area (Å²) in [6.07, 6.45) is 3.49. The Kier molecular flexibility index (Phi) is 5.34. The van der Waals surface area contributed by atoms with Crippen LogP contribution in [0, 0.1) is 5.92 Å². The van der Waals surface area contributed by atoms with Crippen LogP contribution in [0.2, 0.25) is 0 Å². The maximum absolute atomic E-state index is 4.74. The molecule has 2 heteroatoms. The zero-order valence-electron chi connectivity index (χ0n) is 12.0. The molecule has 0 aliphatic heterocycles. The smallest absolute Gasteiger partial charge is 0.0705 e. The number of para-hydroxylation sites is 1. The summed E-state index contributed by atoms with van der Waals surface area (Å²) in [6.45, 7) is 6.75. The fraction of sp³-hybridized carbons (Fsp3) is 0.471. The van der Waals surface area contributed by atoms with Crippen LogP contribution in [0.1, 0.15) is 32.4 Å². The molecule has 0 aliphatic carbocycles. The molecule has 0 saturated carbocycles. The maximum atomic E-state index is 4.74. The molecule has 0 amide bonds. The first kappa shape index (κ1) is 14.0. The van der Waals surface area contributed by atoms with E-state index in [2.05, 4.69) is 55.6 Å². The standard InChI is InChI=1S/C17H24N2/c1-3-11-18-12-10-14(2)13-16-9-8-15-6-4-5-7-17(15)19-16/h4-9,14,18H,3,10-13H2,1-2H3. The lowest BCUT2D eigenvalue weighted by Crippen LogP contribution is -2.18. The minimum Gasteiger partial charge on any atom is -0.317 e. The Morgan fingerprint density at radius 1 is 1.11 bits per heavy atom. The molecule has 2 nitrogen and oxygen atoms in total. The molecular formula is C17H24N2. The molecule has 1 aromatic carbocycles. The number of nitrogens with zero attached hydrogens (tertiary/aromatic N) is 1. The topological polar surface area (TPSA) is 24.9 Å². The first-order valence-electron chi connectivity index (χ1n) is 7.35. The lowest BCUT2D eigenvalue weighted by atomic mass is 10.0. The second kappa shape index (κ2) is 7.25. The second-order valence-electron chi connectivity index (χ2n) is 5.34. The number of benzene rings is 1. The molecule has 2 aromatic rings. The lowest BCUT2D eigenvalue weighted by Gasteiger charge is -2.11. The third-order valence-corrected chi connectivity index (χ3v) is 3.45. The van der Waals surface area contributed by atoms with Crippen molar-refractivity contribution in [1.82, 2.24) is 10.3 Å². The summed E-state index contributed by atoms with van der Waals surface area (Å²) in [5.41, 5.74) is 2.32. The first-order chi connectivity index (χ1) is 9.29. The van der Waals surface area contributed by atoms with Crippen molar-refractivity contribution in [1.29, 1.82) is 0 Å². The van der Waals surface area contributed by atoms with E-state index in [-0.39, 0.29) is 0 Å². The van der Waals surface area contributed by atoms with Crippen molar-refractivity contribution < 1.29 is 0 Å². The van der Waals surface area contributed by atoms with Gasteiger partial charge in [0.25, 0.3) is 0 Å². The predicted octanol–water partition coefficient (Wildman–Crippen LogP) is 3.80. The first-order valence-corrected chi connectivity index (χ1v) is 7.35. The molecule has 1 unspecified atom stereocenters. The van der Waals surface area contributed by atoms with Crippen LogP contribution in [-0.4, -0.2) is 18.1 Å². The highest BCUT2D eigenvalue weighted by atomic mass is 14.8. The zero-order valence-corrected chi connectivity index (χ0v) is 12.0. The molecule has 1 N–H and O–H groups in total.